The molecule has 2 heterocycles. The summed E-state index contributed by atoms with van der Waals surface area (Å²) in [6, 6.07) is 0. The number of nitrogens with two attached hydrogens (primary N) is 1. The van der Waals surface area contributed by atoms with Crippen LogP contribution in [0.3, 0.4) is 0 Å². The van der Waals surface area contributed by atoms with Crippen LogP contribution in [0.15, 0.2) is 34.5 Å². The van der Waals surface area contributed by atoms with Gasteiger partial charge in [-0.05, 0) is 39.2 Å². The number of allylic oxidation sites excluding steroid dienone is 2. The first-order valence-electron chi connectivity index (χ1n) is 11.3. The van der Waals surface area contributed by atoms with Crippen molar-refractivity contribution in [2.24, 2.45) is 15.8 Å². The third-order valence-corrected chi connectivity index (χ3v) is 4.52. The maximum atomic E-state index is 12.7. The van der Waals surface area contributed by atoms with Crippen LogP contribution in [0.1, 0.15) is 52.9 Å². The summed E-state index contributed by atoms with van der Waals surface area (Å²) < 4.78 is 40.7. The van der Waals surface area contributed by atoms with Gasteiger partial charge in [-0.25, -0.2) is 28.8 Å². The van der Waals surface area contributed by atoms with E-state index >= 15 is 0 Å². The van der Waals surface area contributed by atoms with Crippen LogP contribution in [-0.4, -0.2) is 77.0 Å². The van der Waals surface area contributed by atoms with Crippen LogP contribution in [0.5, 0.6) is 0 Å². The molecule has 0 saturated carbocycles. The van der Waals surface area contributed by atoms with E-state index in [2.05, 4.69) is 28.0 Å². The Bertz CT molecular complexity index is 862. The Morgan fingerprint density at radius 2 is 2.03 bits per heavy atom. The van der Waals surface area contributed by atoms with E-state index in [1.54, 1.807) is 17.2 Å². The number of carboxylic acid groups (broad SMARTS) is 2. The standard InChI is InChI=1S/C16H22F2N4O4.C5H10O2.CHN.CH2O2/c1-4-5-11-13(19)20-9-21-22(11)12-7-6-10(25-12)8-24-15(23)26-16(2,3)14(17)18;1-2-3-4-5(6)7;1-2;2-1-3/h4-5,9-10,12,14H,1,6-8H2,2-3H3,(H2,19,20,21);2-4H2,1H3,(H,6,7);1H;1H,(H,2,3)/b11-5-;;;. The normalized spacial score (nSPS) is 18.9. The molecule has 1 fully saturated rings. The average molecular weight is 548 g/mol. The monoisotopic (exact) mass is 547 g/mol. The molecule has 0 spiro atoms. The summed E-state index contributed by atoms with van der Waals surface area (Å²) in [5.74, 6) is -0.414. The lowest BCUT2D eigenvalue weighted by molar-refractivity contribution is -0.137. The Hall–Kier alpha value is -4.06. The molecule has 0 aromatic carbocycles. The fourth-order valence-corrected chi connectivity index (χ4v) is 2.66. The number of hydrogen-bond acceptors (Lipinski definition) is 11. The summed E-state index contributed by atoms with van der Waals surface area (Å²) in [5, 5.41) is 27.1. The molecule has 13 nitrogen and oxygen atoms in total. The highest BCUT2D eigenvalue weighted by Gasteiger charge is 2.36. The third kappa shape index (κ3) is 14.5. The number of unbranched alkanes of at least 4 members (excludes halogenated alkanes) is 1. The molecule has 2 atom stereocenters. The number of carboxylic acids is 1. The van der Waals surface area contributed by atoms with E-state index in [0.717, 1.165) is 26.7 Å². The second kappa shape index (κ2) is 20.0. The maximum absolute atomic E-state index is 12.7. The molecule has 0 aromatic rings. The van der Waals surface area contributed by atoms with Crippen molar-refractivity contribution in [2.45, 2.75) is 77.2 Å². The molecule has 0 aliphatic carbocycles. The van der Waals surface area contributed by atoms with Crippen molar-refractivity contribution < 1.29 is 47.6 Å². The lowest BCUT2D eigenvalue weighted by Crippen LogP contribution is -2.39. The fourth-order valence-electron chi connectivity index (χ4n) is 2.66. The Labute approximate surface area is 219 Å². The van der Waals surface area contributed by atoms with Crippen molar-refractivity contribution in [1.29, 1.82) is 5.26 Å². The zero-order chi connectivity index (χ0) is 29.7. The van der Waals surface area contributed by atoms with Gasteiger partial charge in [0.1, 0.15) is 18.6 Å². The number of carbonyl (C=O) groups is 3. The highest BCUT2D eigenvalue weighted by atomic mass is 19.3. The summed E-state index contributed by atoms with van der Waals surface area (Å²) in [6.07, 6.45) is 2.98. The van der Waals surface area contributed by atoms with Crippen molar-refractivity contribution >= 4 is 30.8 Å². The molecule has 0 bridgehead atoms. The van der Waals surface area contributed by atoms with Crippen molar-refractivity contribution in [3.05, 3.63) is 24.4 Å². The van der Waals surface area contributed by atoms with E-state index in [1.807, 2.05) is 6.92 Å². The average Bonchev–Trinajstić information content (AvgIpc) is 3.33. The summed E-state index contributed by atoms with van der Waals surface area (Å²) in [7, 11) is 0. The first-order chi connectivity index (χ1) is 17.9. The van der Waals surface area contributed by atoms with Crippen LogP contribution >= 0.6 is 0 Å². The molecular formula is C23H35F2N5O8. The van der Waals surface area contributed by atoms with Gasteiger partial charge < -0.3 is 30.2 Å². The van der Waals surface area contributed by atoms with Crippen LogP contribution in [-0.2, 0) is 23.8 Å². The Morgan fingerprint density at radius 1 is 1.42 bits per heavy atom. The zero-order valence-electron chi connectivity index (χ0n) is 21.5. The second-order valence-electron chi connectivity index (χ2n) is 7.84. The van der Waals surface area contributed by atoms with Crippen LogP contribution < -0.4 is 5.73 Å². The molecule has 2 aliphatic heterocycles. The van der Waals surface area contributed by atoms with E-state index in [4.69, 9.17) is 35.5 Å². The maximum Gasteiger partial charge on any atom is 0.509 e. The second-order valence-corrected chi connectivity index (χ2v) is 7.84. The smallest absolute Gasteiger partial charge is 0.483 e. The van der Waals surface area contributed by atoms with Crippen LogP contribution in [0.4, 0.5) is 13.6 Å². The number of hydrogen-bond donors (Lipinski definition) is 3. The predicted molar refractivity (Wildman–Crippen MR) is 133 cm³/mol. The van der Waals surface area contributed by atoms with Gasteiger partial charge >= 0.3 is 12.1 Å². The first kappa shape index (κ1) is 36.1. The third-order valence-electron chi connectivity index (χ3n) is 4.52. The largest absolute Gasteiger partial charge is 0.509 e. The minimum absolute atomic E-state index is 0.115. The molecule has 1 saturated heterocycles. The summed E-state index contributed by atoms with van der Waals surface area (Å²) in [4.78, 5) is 33.6. The zero-order valence-corrected chi connectivity index (χ0v) is 21.5. The summed E-state index contributed by atoms with van der Waals surface area (Å²) in [6.45, 7) is 10.9. The minimum Gasteiger partial charge on any atom is -0.483 e. The number of alkyl halides is 2. The van der Waals surface area contributed by atoms with Gasteiger partial charge in [0, 0.05) is 13.0 Å². The van der Waals surface area contributed by atoms with Gasteiger partial charge in [-0.2, -0.15) is 5.10 Å². The Balaban J connectivity index is 0. The molecule has 15 heteroatoms. The number of ether oxygens (including phenoxy) is 3. The van der Waals surface area contributed by atoms with Crippen molar-refractivity contribution in [3.8, 4) is 6.57 Å². The van der Waals surface area contributed by atoms with Gasteiger partial charge in [0.15, 0.2) is 17.7 Å². The number of carbonyl (C=O) groups excluding carboxylic acids is 1. The molecule has 2 aliphatic rings. The van der Waals surface area contributed by atoms with E-state index in [1.165, 1.54) is 6.34 Å². The van der Waals surface area contributed by atoms with Crippen molar-refractivity contribution in [1.82, 2.24) is 5.01 Å². The van der Waals surface area contributed by atoms with Crippen LogP contribution in [0, 0.1) is 11.8 Å². The fraction of sp³-hybridized carbons (Fsp3) is 0.565. The van der Waals surface area contributed by atoms with Gasteiger partial charge in [-0.3, -0.25) is 9.59 Å². The van der Waals surface area contributed by atoms with Gasteiger partial charge in [-0.1, -0.05) is 26.0 Å². The van der Waals surface area contributed by atoms with E-state index < -0.39 is 36.5 Å². The minimum atomic E-state index is -2.82. The molecule has 2 unspecified atom stereocenters. The number of halogens is 2. The van der Waals surface area contributed by atoms with E-state index in [0.29, 0.717) is 25.0 Å². The molecule has 2 rings (SSSR count). The van der Waals surface area contributed by atoms with Crippen molar-refractivity contribution in [2.75, 3.05) is 6.61 Å². The van der Waals surface area contributed by atoms with Crippen LogP contribution in [0.2, 0.25) is 0 Å². The topological polar surface area (TPSA) is 197 Å². The number of nitrogens with zero attached hydrogens (tertiary/aromatic N) is 4. The molecule has 0 amide bonds. The van der Waals surface area contributed by atoms with Gasteiger partial charge in [0.2, 0.25) is 0 Å². The molecular weight excluding hydrogens is 512 g/mol. The molecule has 38 heavy (non-hydrogen) atoms. The van der Waals surface area contributed by atoms with Gasteiger partial charge in [-0.15, -0.1) is 0 Å². The molecule has 214 valence electrons. The highest BCUT2D eigenvalue weighted by Crippen LogP contribution is 2.27. The SMILES string of the molecule is C#N.C=C/C=C1/C(N)=NC=NN1C1CCC(COC(=O)OC(C)(C)C(F)F)O1.CCCCC(=O)O.O=CO. The number of amidine groups is 1. The molecule has 0 radical (unpaired) electrons. The lowest BCUT2D eigenvalue weighted by Gasteiger charge is -2.29. The van der Waals surface area contributed by atoms with E-state index in [9.17, 15) is 18.4 Å². The van der Waals surface area contributed by atoms with Crippen LogP contribution in [0.25, 0.3) is 0 Å². The number of hydrazone groups is 1. The van der Waals surface area contributed by atoms with Gasteiger partial charge in [0.05, 0.1) is 6.10 Å². The number of aliphatic imine (C=N–C) groups is 1. The van der Waals surface area contributed by atoms with Gasteiger partial charge in [0.25, 0.3) is 12.9 Å². The number of aliphatic carboxylic acids is 1. The first-order valence-corrected chi connectivity index (χ1v) is 11.3. The molecule has 0 aromatic heterocycles. The quantitative estimate of drug-likeness (QED) is 0.282. The Kier molecular flexibility index (Phi) is 19.0. The highest BCUT2D eigenvalue weighted by molar-refractivity contribution is 6.01. The number of rotatable bonds is 9. The number of nitriles is 1. The van der Waals surface area contributed by atoms with E-state index in [-0.39, 0.29) is 18.9 Å². The Morgan fingerprint density at radius 3 is 2.50 bits per heavy atom. The van der Waals surface area contributed by atoms with Crippen molar-refractivity contribution in [3.63, 3.8) is 0 Å². The summed E-state index contributed by atoms with van der Waals surface area (Å²) >= 11 is 0. The predicted octanol–water partition coefficient (Wildman–Crippen LogP) is 3.48. The lowest BCUT2D eigenvalue weighted by atomic mass is 10.1. The molecule has 4 N–H and O–H groups in total. The summed E-state index contributed by atoms with van der Waals surface area (Å²) in [5.41, 5.74) is 4.47.